The second-order valence-electron chi connectivity index (χ2n) is 6.19. The van der Waals surface area contributed by atoms with Crippen LogP contribution >= 0.6 is 0 Å². The molecule has 0 aliphatic carbocycles. The van der Waals surface area contributed by atoms with E-state index < -0.39 is 0 Å². The van der Waals surface area contributed by atoms with Gasteiger partial charge in [0, 0.05) is 71.2 Å². The average molecular weight is 323 g/mol. The molecule has 1 aromatic rings. The van der Waals surface area contributed by atoms with Crippen LogP contribution in [-0.4, -0.2) is 78.4 Å². The first-order valence-electron chi connectivity index (χ1n) is 8.37. The first kappa shape index (κ1) is 17.7. The zero-order chi connectivity index (χ0) is 16.7. The molecular formula is C16H29N5O2. The summed E-state index contributed by atoms with van der Waals surface area (Å²) < 4.78 is 7.17. The summed E-state index contributed by atoms with van der Waals surface area (Å²) in [6.45, 7) is 10.8. The van der Waals surface area contributed by atoms with Crippen molar-refractivity contribution in [3.8, 4) is 0 Å². The van der Waals surface area contributed by atoms with Crippen LogP contribution in [0, 0.1) is 0 Å². The Bertz CT molecular complexity index is 481. The first-order chi connectivity index (χ1) is 11.1. The first-order valence-corrected chi connectivity index (χ1v) is 8.37. The predicted molar refractivity (Wildman–Crippen MR) is 89.6 cm³/mol. The summed E-state index contributed by atoms with van der Waals surface area (Å²) in [5, 5.41) is 2.87. The third kappa shape index (κ3) is 5.21. The van der Waals surface area contributed by atoms with Gasteiger partial charge in [-0.2, -0.15) is 0 Å². The molecule has 1 aromatic heterocycles. The van der Waals surface area contributed by atoms with Gasteiger partial charge in [-0.15, -0.1) is 0 Å². The van der Waals surface area contributed by atoms with Crippen LogP contribution in [0.4, 0.5) is 4.79 Å². The molecule has 23 heavy (non-hydrogen) atoms. The number of hydrogen-bond donors (Lipinski definition) is 1. The summed E-state index contributed by atoms with van der Waals surface area (Å²) in [7, 11) is 1.63. The molecule has 0 saturated carbocycles. The molecule has 7 nitrogen and oxygen atoms in total. The minimum atomic E-state index is 0.0124. The fourth-order valence-electron chi connectivity index (χ4n) is 2.81. The van der Waals surface area contributed by atoms with Crippen molar-refractivity contribution in [1.29, 1.82) is 0 Å². The van der Waals surface area contributed by atoms with Gasteiger partial charge in [-0.1, -0.05) is 13.8 Å². The van der Waals surface area contributed by atoms with Gasteiger partial charge in [0.25, 0.3) is 0 Å². The maximum atomic E-state index is 12.0. The Balaban J connectivity index is 1.70. The molecule has 2 heterocycles. The lowest BCUT2D eigenvalue weighted by Gasteiger charge is -2.34. The van der Waals surface area contributed by atoms with Crippen molar-refractivity contribution < 1.29 is 9.53 Å². The number of urea groups is 1. The van der Waals surface area contributed by atoms with E-state index in [0.717, 1.165) is 45.1 Å². The lowest BCUT2D eigenvalue weighted by molar-refractivity contribution is 0.133. The minimum Gasteiger partial charge on any atom is -0.383 e. The SMILES string of the molecule is COCCNC(=O)N1CCN(CCn2ccnc2C(C)C)CC1. The third-order valence-electron chi connectivity index (χ3n) is 4.16. The average Bonchev–Trinajstić information content (AvgIpc) is 3.02. The Kier molecular flexibility index (Phi) is 6.85. The molecule has 0 spiro atoms. The highest BCUT2D eigenvalue weighted by molar-refractivity contribution is 5.74. The standard InChI is InChI=1S/C16H29N5O2/c1-14(2)15-17-4-6-20(15)10-7-19-8-11-21(12-9-19)16(22)18-5-13-23-3/h4,6,14H,5,7-13H2,1-3H3,(H,18,22). The van der Waals surface area contributed by atoms with Crippen LogP contribution < -0.4 is 5.32 Å². The van der Waals surface area contributed by atoms with Crippen LogP contribution in [0.1, 0.15) is 25.6 Å². The number of nitrogens with one attached hydrogen (secondary N) is 1. The van der Waals surface area contributed by atoms with Crippen molar-refractivity contribution in [3.63, 3.8) is 0 Å². The molecule has 1 aliphatic heterocycles. The van der Waals surface area contributed by atoms with E-state index in [-0.39, 0.29) is 6.03 Å². The topological polar surface area (TPSA) is 62.6 Å². The number of nitrogens with zero attached hydrogens (tertiary/aromatic N) is 4. The van der Waals surface area contributed by atoms with Crippen molar-refractivity contribution >= 4 is 6.03 Å². The maximum absolute atomic E-state index is 12.0. The Labute approximate surface area is 138 Å². The van der Waals surface area contributed by atoms with Crippen molar-refractivity contribution in [1.82, 2.24) is 24.7 Å². The molecule has 1 aliphatic rings. The lowest BCUT2D eigenvalue weighted by Crippen LogP contribution is -2.52. The van der Waals surface area contributed by atoms with Crippen molar-refractivity contribution in [3.05, 3.63) is 18.2 Å². The highest BCUT2D eigenvalue weighted by atomic mass is 16.5. The van der Waals surface area contributed by atoms with Gasteiger partial charge < -0.3 is 19.5 Å². The Morgan fingerprint density at radius 1 is 1.30 bits per heavy atom. The fraction of sp³-hybridized carbons (Fsp3) is 0.750. The molecule has 0 atom stereocenters. The number of aromatic nitrogens is 2. The van der Waals surface area contributed by atoms with E-state index in [2.05, 4.69) is 39.8 Å². The van der Waals surface area contributed by atoms with Gasteiger partial charge in [0.2, 0.25) is 0 Å². The number of ether oxygens (including phenoxy) is 1. The molecule has 7 heteroatoms. The number of amides is 2. The molecule has 0 unspecified atom stereocenters. The van der Waals surface area contributed by atoms with Crippen molar-refractivity contribution in [2.75, 3.05) is 53.0 Å². The van der Waals surface area contributed by atoms with E-state index in [1.54, 1.807) is 7.11 Å². The van der Waals surface area contributed by atoms with Crippen LogP contribution in [0.5, 0.6) is 0 Å². The number of carbonyl (C=O) groups is 1. The molecule has 1 saturated heterocycles. The minimum absolute atomic E-state index is 0.0124. The molecular weight excluding hydrogens is 294 g/mol. The number of hydrogen-bond acceptors (Lipinski definition) is 4. The zero-order valence-corrected chi connectivity index (χ0v) is 14.5. The van der Waals surface area contributed by atoms with Gasteiger partial charge in [-0.3, -0.25) is 4.90 Å². The van der Waals surface area contributed by atoms with E-state index in [0.29, 0.717) is 19.1 Å². The zero-order valence-electron chi connectivity index (χ0n) is 14.5. The number of methoxy groups -OCH3 is 1. The second kappa shape index (κ2) is 8.88. The molecule has 0 radical (unpaired) electrons. The summed E-state index contributed by atoms with van der Waals surface area (Å²) in [6, 6.07) is 0.0124. The molecule has 1 N–H and O–H groups in total. The second-order valence-corrected chi connectivity index (χ2v) is 6.19. The summed E-state index contributed by atoms with van der Waals surface area (Å²) in [6.07, 6.45) is 3.92. The highest BCUT2D eigenvalue weighted by Crippen LogP contribution is 2.12. The fourth-order valence-corrected chi connectivity index (χ4v) is 2.81. The molecule has 2 amide bonds. The molecule has 0 aromatic carbocycles. The number of piperazine rings is 1. The van der Waals surface area contributed by atoms with E-state index in [9.17, 15) is 4.79 Å². The maximum Gasteiger partial charge on any atom is 0.317 e. The normalized spacial score (nSPS) is 16.1. The Hall–Kier alpha value is -1.60. The number of imidazole rings is 1. The quantitative estimate of drug-likeness (QED) is 0.760. The lowest BCUT2D eigenvalue weighted by atomic mass is 10.2. The van der Waals surface area contributed by atoms with E-state index in [4.69, 9.17) is 4.74 Å². The number of carbonyl (C=O) groups excluding carboxylic acids is 1. The van der Waals surface area contributed by atoms with Crippen LogP contribution in [0.25, 0.3) is 0 Å². The smallest absolute Gasteiger partial charge is 0.317 e. The number of rotatable bonds is 7. The third-order valence-corrected chi connectivity index (χ3v) is 4.16. The van der Waals surface area contributed by atoms with E-state index >= 15 is 0 Å². The van der Waals surface area contributed by atoms with Crippen LogP contribution in [0.2, 0.25) is 0 Å². The predicted octanol–water partition coefficient (Wildman–Crippen LogP) is 0.980. The summed E-state index contributed by atoms with van der Waals surface area (Å²) in [4.78, 5) is 20.7. The van der Waals surface area contributed by atoms with E-state index in [1.165, 1.54) is 0 Å². The van der Waals surface area contributed by atoms with Gasteiger partial charge in [0.15, 0.2) is 0 Å². The molecule has 1 fully saturated rings. The molecule has 0 bridgehead atoms. The van der Waals surface area contributed by atoms with E-state index in [1.807, 2.05) is 11.1 Å². The molecule has 2 rings (SSSR count). The van der Waals surface area contributed by atoms with Crippen LogP contribution in [0.15, 0.2) is 12.4 Å². The van der Waals surface area contributed by atoms with Gasteiger partial charge in [-0.05, 0) is 0 Å². The summed E-state index contributed by atoms with van der Waals surface area (Å²) >= 11 is 0. The van der Waals surface area contributed by atoms with Crippen molar-refractivity contribution in [2.24, 2.45) is 0 Å². The van der Waals surface area contributed by atoms with Crippen molar-refractivity contribution in [2.45, 2.75) is 26.3 Å². The Morgan fingerprint density at radius 3 is 2.70 bits per heavy atom. The van der Waals surface area contributed by atoms with Crippen LogP contribution in [0.3, 0.4) is 0 Å². The summed E-state index contributed by atoms with van der Waals surface area (Å²) in [5.74, 6) is 1.58. The van der Waals surface area contributed by atoms with Gasteiger partial charge in [0.1, 0.15) is 5.82 Å². The van der Waals surface area contributed by atoms with Gasteiger partial charge in [-0.25, -0.2) is 9.78 Å². The monoisotopic (exact) mass is 323 g/mol. The highest BCUT2D eigenvalue weighted by Gasteiger charge is 2.20. The van der Waals surface area contributed by atoms with Gasteiger partial charge in [0.05, 0.1) is 6.61 Å². The summed E-state index contributed by atoms with van der Waals surface area (Å²) in [5.41, 5.74) is 0. The van der Waals surface area contributed by atoms with Gasteiger partial charge >= 0.3 is 6.03 Å². The molecule has 130 valence electrons. The largest absolute Gasteiger partial charge is 0.383 e. The van der Waals surface area contributed by atoms with Crippen LogP contribution in [-0.2, 0) is 11.3 Å². The Morgan fingerprint density at radius 2 is 2.04 bits per heavy atom.